The number of benzene rings is 4. The number of hydrogen-bond acceptors (Lipinski definition) is 4. The number of nitrogens with one attached hydrogen (secondary N) is 2. The molecular weight excluding hydrogens is 504 g/mol. The number of carbonyl (C=O) groups excluding carboxylic acids is 3. The van der Waals surface area contributed by atoms with E-state index in [1.807, 2.05) is 78.9 Å². The van der Waals surface area contributed by atoms with Crippen molar-refractivity contribution in [3.05, 3.63) is 120 Å². The van der Waals surface area contributed by atoms with E-state index in [0.717, 1.165) is 34.1 Å². The largest absolute Gasteiger partial charge is 0.481 e. The Morgan fingerprint density at radius 2 is 1.38 bits per heavy atom. The quantitative estimate of drug-likeness (QED) is 0.218. The van der Waals surface area contributed by atoms with E-state index in [9.17, 15) is 19.2 Å². The highest BCUT2D eigenvalue weighted by atomic mass is 16.4. The lowest BCUT2D eigenvalue weighted by atomic mass is 10.0. The van der Waals surface area contributed by atoms with Gasteiger partial charge in [-0.3, -0.25) is 19.2 Å². The van der Waals surface area contributed by atoms with Crippen LogP contribution in [0.25, 0.3) is 22.3 Å². The molecule has 0 saturated heterocycles. The second-order valence-corrected chi connectivity index (χ2v) is 9.38. The van der Waals surface area contributed by atoms with Gasteiger partial charge in [0.05, 0.1) is 0 Å². The highest BCUT2D eigenvalue weighted by Gasteiger charge is 2.22. The van der Waals surface area contributed by atoms with Gasteiger partial charge in [-0.2, -0.15) is 0 Å². The molecule has 40 heavy (non-hydrogen) atoms. The standard InChI is InChI=1S/C33H30N2O5/c36-22-24-9-11-27(12-10-24)29-8-4-5-23(21-29)19-20-34-33(40)30(17-18-31(37)38)35-32(39)28-15-13-26(14-16-28)25-6-2-1-3-7-25/h1-16,21-22,30H,17-20H2,(H,34,40)(H,35,39)(H,37,38)/t30-/m0/s1. The van der Waals surface area contributed by atoms with Crippen LogP contribution in [0.3, 0.4) is 0 Å². The second kappa shape index (κ2) is 13.7. The van der Waals surface area contributed by atoms with Gasteiger partial charge >= 0.3 is 5.97 Å². The molecule has 0 heterocycles. The average molecular weight is 535 g/mol. The van der Waals surface area contributed by atoms with Crippen molar-refractivity contribution in [1.82, 2.24) is 10.6 Å². The molecule has 202 valence electrons. The summed E-state index contributed by atoms with van der Waals surface area (Å²) in [5, 5.41) is 14.7. The second-order valence-electron chi connectivity index (χ2n) is 9.38. The molecule has 0 spiro atoms. The third-order valence-electron chi connectivity index (χ3n) is 6.54. The van der Waals surface area contributed by atoms with E-state index in [0.29, 0.717) is 24.1 Å². The van der Waals surface area contributed by atoms with Crippen molar-refractivity contribution in [1.29, 1.82) is 0 Å². The van der Waals surface area contributed by atoms with Crippen LogP contribution in [-0.2, 0) is 16.0 Å². The molecule has 0 aliphatic rings. The van der Waals surface area contributed by atoms with Crippen LogP contribution < -0.4 is 10.6 Å². The van der Waals surface area contributed by atoms with Crippen LogP contribution in [0, 0.1) is 0 Å². The number of amides is 2. The Labute approximate surface area is 232 Å². The zero-order valence-electron chi connectivity index (χ0n) is 21.9. The summed E-state index contributed by atoms with van der Waals surface area (Å²) in [5.74, 6) is -1.92. The lowest BCUT2D eigenvalue weighted by Gasteiger charge is -2.18. The number of carboxylic acids is 1. The van der Waals surface area contributed by atoms with E-state index in [-0.39, 0.29) is 12.8 Å². The van der Waals surface area contributed by atoms with E-state index in [1.165, 1.54) is 0 Å². The van der Waals surface area contributed by atoms with Crippen LogP contribution in [0.4, 0.5) is 0 Å². The summed E-state index contributed by atoms with van der Waals surface area (Å²) in [6.45, 7) is 0.317. The van der Waals surface area contributed by atoms with Crippen molar-refractivity contribution in [2.75, 3.05) is 6.54 Å². The lowest BCUT2D eigenvalue weighted by Crippen LogP contribution is -2.47. The maximum absolute atomic E-state index is 13.0. The fraction of sp³-hybridized carbons (Fsp3) is 0.152. The summed E-state index contributed by atoms with van der Waals surface area (Å²) >= 11 is 0. The Kier molecular flexibility index (Phi) is 9.56. The predicted octanol–water partition coefficient (Wildman–Crippen LogP) is 5.16. The van der Waals surface area contributed by atoms with Crippen LogP contribution in [-0.4, -0.2) is 41.8 Å². The first-order chi connectivity index (χ1) is 19.4. The number of rotatable bonds is 12. The molecule has 0 fully saturated rings. The summed E-state index contributed by atoms with van der Waals surface area (Å²) in [7, 11) is 0. The number of aldehydes is 1. The molecular formula is C33H30N2O5. The lowest BCUT2D eigenvalue weighted by molar-refractivity contribution is -0.137. The van der Waals surface area contributed by atoms with Gasteiger partial charge in [0.1, 0.15) is 12.3 Å². The van der Waals surface area contributed by atoms with Crippen LogP contribution in [0.15, 0.2) is 103 Å². The summed E-state index contributed by atoms with van der Waals surface area (Å²) in [4.78, 5) is 47.9. The first-order valence-electron chi connectivity index (χ1n) is 13.0. The molecule has 0 aliphatic carbocycles. The van der Waals surface area contributed by atoms with Gasteiger partial charge in [0.25, 0.3) is 5.91 Å². The van der Waals surface area contributed by atoms with E-state index in [4.69, 9.17) is 5.11 Å². The van der Waals surface area contributed by atoms with Crippen LogP contribution in [0.5, 0.6) is 0 Å². The van der Waals surface area contributed by atoms with Gasteiger partial charge in [0.2, 0.25) is 5.91 Å². The molecule has 7 heteroatoms. The normalized spacial score (nSPS) is 11.3. The number of carboxylic acid groups (broad SMARTS) is 1. The van der Waals surface area contributed by atoms with Crippen LogP contribution in [0.2, 0.25) is 0 Å². The molecule has 4 rings (SSSR count). The summed E-state index contributed by atoms with van der Waals surface area (Å²) in [6, 6.07) is 31.0. The van der Waals surface area contributed by atoms with E-state index in [1.54, 1.807) is 24.3 Å². The van der Waals surface area contributed by atoms with Gasteiger partial charge in [-0.25, -0.2) is 0 Å². The Morgan fingerprint density at radius 1 is 0.750 bits per heavy atom. The molecule has 7 nitrogen and oxygen atoms in total. The zero-order valence-corrected chi connectivity index (χ0v) is 21.9. The minimum absolute atomic E-state index is 0.0265. The van der Waals surface area contributed by atoms with Crippen molar-refractivity contribution in [2.24, 2.45) is 0 Å². The number of aliphatic carboxylic acids is 1. The van der Waals surface area contributed by atoms with Gasteiger partial charge in [-0.1, -0.05) is 91.0 Å². The van der Waals surface area contributed by atoms with Crippen molar-refractivity contribution in [2.45, 2.75) is 25.3 Å². The first-order valence-corrected chi connectivity index (χ1v) is 13.0. The molecule has 0 aromatic heterocycles. The SMILES string of the molecule is O=Cc1ccc(-c2cccc(CCNC(=O)[C@H](CCC(=O)O)NC(=O)c3ccc(-c4ccccc4)cc3)c2)cc1. The fourth-order valence-corrected chi connectivity index (χ4v) is 4.34. The van der Waals surface area contributed by atoms with Crippen molar-refractivity contribution in [3.63, 3.8) is 0 Å². The summed E-state index contributed by atoms with van der Waals surface area (Å²) in [5.41, 5.74) is 5.94. The Balaban J connectivity index is 1.36. The van der Waals surface area contributed by atoms with Gasteiger partial charge in [0, 0.05) is 24.1 Å². The number of carbonyl (C=O) groups is 4. The van der Waals surface area contributed by atoms with Crippen LogP contribution in [0.1, 0.15) is 39.1 Å². The van der Waals surface area contributed by atoms with E-state index >= 15 is 0 Å². The van der Waals surface area contributed by atoms with Crippen molar-refractivity contribution in [3.8, 4) is 22.3 Å². The topological polar surface area (TPSA) is 113 Å². The Bertz CT molecular complexity index is 1470. The van der Waals surface area contributed by atoms with Crippen LogP contribution >= 0.6 is 0 Å². The molecule has 3 N–H and O–H groups in total. The third kappa shape index (κ3) is 7.74. The van der Waals surface area contributed by atoms with E-state index in [2.05, 4.69) is 10.6 Å². The van der Waals surface area contributed by atoms with Gasteiger partial charge in [-0.15, -0.1) is 0 Å². The Morgan fingerprint density at radius 3 is 2.05 bits per heavy atom. The van der Waals surface area contributed by atoms with Gasteiger partial charge in [-0.05, 0) is 52.8 Å². The molecule has 4 aromatic carbocycles. The monoisotopic (exact) mass is 534 g/mol. The average Bonchev–Trinajstić information content (AvgIpc) is 2.99. The highest BCUT2D eigenvalue weighted by Crippen LogP contribution is 2.21. The minimum atomic E-state index is -1.04. The van der Waals surface area contributed by atoms with Crippen molar-refractivity contribution >= 4 is 24.1 Å². The molecule has 0 aliphatic heterocycles. The highest BCUT2D eigenvalue weighted by molar-refractivity contribution is 5.98. The first kappa shape index (κ1) is 28.0. The maximum Gasteiger partial charge on any atom is 0.303 e. The fourth-order valence-electron chi connectivity index (χ4n) is 4.34. The molecule has 2 amide bonds. The molecule has 0 saturated carbocycles. The molecule has 4 aromatic rings. The summed E-state index contributed by atoms with van der Waals surface area (Å²) < 4.78 is 0. The van der Waals surface area contributed by atoms with Gasteiger partial charge in [0.15, 0.2) is 0 Å². The third-order valence-corrected chi connectivity index (χ3v) is 6.54. The smallest absolute Gasteiger partial charge is 0.303 e. The number of hydrogen-bond donors (Lipinski definition) is 3. The molecule has 0 bridgehead atoms. The minimum Gasteiger partial charge on any atom is -0.481 e. The molecule has 0 radical (unpaired) electrons. The van der Waals surface area contributed by atoms with Gasteiger partial charge < -0.3 is 15.7 Å². The predicted molar refractivity (Wildman–Crippen MR) is 154 cm³/mol. The Hall–Kier alpha value is -5.04. The van der Waals surface area contributed by atoms with Crippen molar-refractivity contribution < 1.29 is 24.3 Å². The molecule has 1 atom stereocenters. The summed E-state index contributed by atoms with van der Waals surface area (Å²) in [6.07, 6.45) is 1.07. The maximum atomic E-state index is 13.0. The molecule has 0 unspecified atom stereocenters. The van der Waals surface area contributed by atoms with E-state index < -0.39 is 23.8 Å². The zero-order chi connectivity index (χ0) is 28.3.